The van der Waals surface area contributed by atoms with E-state index in [0.717, 1.165) is 41.7 Å². The first-order valence-corrected chi connectivity index (χ1v) is 10.9. The molecule has 1 fully saturated rings. The van der Waals surface area contributed by atoms with E-state index in [0.29, 0.717) is 13.1 Å². The largest absolute Gasteiger partial charge is 0.331 e. The van der Waals surface area contributed by atoms with Gasteiger partial charge in [-0.3, -0.25) is 0 Å². The second kappa shape index (κ2) is 7.26. The maximum Gasteiger partial charge on any atom is 0.318 e. The number of urea groups is 1. The maximum atomic E-state index is 12.6. The molecule has 0 radical (unpaired) electrons. The summed E-state index contributed by atoms with van der Waals surface area (Å²) in [5.74, 6) is 0.794. The zero-order valence-corrected chi connectivity index (χ0v) is 16.3. The molecule has 1 saturated heterocycles. The Morgan fingerprint density at radius 2 is 2.12 bits per heavy atom. The normalized spacial score (nSPS) is 18.3. The number of likely N-dealkylation sites (tertiary alicyclic amines) is 1. The molecule has 8 heteroatoms. The van der Waals surface area contributed by atoms with Gasteiger partial charge in [-0.15, -0.1) is 0 Å². The zero-order valence-electron chi connectivity index (χ0n) is 15.5. The number of benzene rings is 1. The number of imidazole rings is 1. The number of nitrogens with one attached hydrogen (secondary N) is 1. The topological polar surface area (TPSA) is 84.3 Å². The van der Waals surface area contributed by atoms with Crippen LogP contribution in [0, 0.1) is 6.92 Å². The molecule has 1 aromatic heterocycles. The Labute approximate surface area is 154 Å². The number of aromatic nitrogens is 2. The van der Waals surface area contributed by atoms with Crippen LogP contribution in [0.3, 0.4) is 0 Å². The van der Waals surface area contributed by atoms with Gasteiger partial charge >= 0.3 is 6.03 Å². The number of amides is 2. The van der Waals surface area contributed by atoms with Crippen LogP contribution in [0.5, 0.6) is 0 Å². The van der Waals surface area contributed by atoms with Crippen molar-refractivity contribution in [2.75, 3.05) is 18.6 Å². The first-order chi connectivity index (χ1) is 12.2. The maximum absolute atomic E-state index is 12.6. The van der Waals surface area contributed by atoms with Crippen LogP contribution < -0.4 is 5.32 Å². The van der Waals surface area contributed by atoms with Crippen molar-refractivity contribution >= 4 is 26.9 Å². The molecule has 1 N–H and O–H groups in total. The summed E-state index contributed by atoms with van der Waals surface area (Å²) in [4.78, 5) is 18.9. The average molecular weight is 378 g/mol. The molecule has 26 heavy (non-hydrogen) atoms. The molecule has 0 aliphatic carbocycles. The van der Waals surface area contributed by atoms with Gasteiger partial charge in [0.1, 0.15) is 15.7 Å². The van der Waals surface area contributed by atoms with E-state index in [1.165, 1.54) is 6.26 Å². The Bertz CT molecular complexity index is 920. The summed E-state index contributed by atoms with van der Waals surface area (Å²) >= 11 is 0. The first kappa shape index (κ1) is 18.7. The Morgan fingerprint density at radius 1 is 1.35 bits per heavy atom. The van der Waals surface area contributed by atoms with Crippen molar-refractivity contribution in [1.82, 2.24) is 19.8 Å². The van der Waals surface area contributed by atoms with Crippen molar-refractivity contribution in [3.8, 4) is 0 Å². The highest BCUT2D eigenvalue weighted by molar-refractivity contribution is 7.90. The van der Waals surface area contributed by atoms with E-state index in [-0.39, 0.29) is 17.8 Å². The molecule has 2 amide bonds. The summed E-state index contributed by atoms with van der Waals surface area (Å²) in [7, 11) is -1.19. The molecule has 142 valence electrons. The Hall–Kier alpha value is -2.09. The lowest BCUT2D eigenvalue weighted by Gasteiger charge is -2.35. The number of hydrogen-bond donors (Lipinski definition) is 1. The van der Waals surface area contributed by atoms with E-state index >= 15 is 0 Å². The molecule has 0 bridgehead atoms. The van der Waals surface area contributed by atoms with Crippen LogP contribution in [0.4, 0.5) is 4.79 Å². The number of rotatable bonds is 4. The van der Waals surface area contributed by atoms with Crippen LogP contribution >= 0.6 is 0 Å². The van der Waals surface area contributed by atoms with Crippen LogP contribution in [-0.2, 0) is 23.4 Å². The van der Waals surface area contributed by atoms with E-state index in [1.54, 1.807) is 4.90 Å². The van der Waals surface area contributed by atoms with Gasteiger partial charge in [-0.2, -0.15) is 0 Å². The SMILES string of the molecule is Cc1ccc2c(c1)nc(CNC(=O)N1CCCC[C@@H]1CS(C)(=O)=O)n2C. The number of sulfone groups is 1. The Balaban J connectivity index is 1.70. The summed E-state index contributed by atoms with van der Waals surface area (Å²) in [6, 6.07) is 5.61. The van der Waals surface area contributed by atoms with Gasteiger partial charge in [-0.1, -0.05) is 6.07 Å². The Kier molecular flexibility index (Phi) is 5.22. The third kappa shape index (κ3) is 4.17. The van der Waals surface area contributed by atoms with Gasteiger partial charge in [0.25, 0.3) is 0 Å². The van der Waals surface area contributed by atoms with Crippen molar-refractivity contribution < 1.29 is 13.2 Å². The molecular formula is C18H26N4O3S. The smallest absolute Gasteiger partial charge is 0.318 e. The van der Waals surface area contributed by atoms with Crippen LogP contribution in [0.2, 0.25) is 0 Å². The van der Waals surface area contributed by atoms with Gasteiger partial charge in [0, 0.05) is 25.9 Å². The fraction of sp³-hybridized carbons (Fsp3) is 0.556. The monoisotopic (exact) mass is 378 g/mol. The molecule has 1 aliphatic rings. The predicted molar refractivity (Wildman–Crippen MR) is 102 cm³/mol. The molecule has 0 spiro atoms. The van der Waals surface area contributed by atoms with Gasteiger partial charge in [0.05, 0.1) is 23.3 Å². The number of carbonyl (C=O) groups is 1. The van der Waals surface area contributed by atoms with Gasteiger partial charge in [0.15, 0.2) is 0 Å². The lowest BCUT2D eigenvalue weighted by molar-refractivity contribution is 0.158. The van der Waals surface area contributed by atoms with Crippen LogP contribution in [0.25, 0.3) is 11.0 Å². The standard InChI is InChI=1S/C18H26N4O3S/c1-13-7-8-16-15(10-13)20-17(21(16)2)11-19-18(23)22-9-5-4-6-14(22)12-26(3,24)25/h7-8,10,14H,4-6,9,11-12H2,1-3H3,(H,19,23)/t14-/m1/s1. The summed E-state index contributed by atoms with van der Waals surface area (Å²) in [6.45, 7) is 2.92. The fourth-order valence-corrected chi connectivity index (χ4v) is 4.61. The molecule has 2 heterocycles. The highest BCUT2D eigenvalue weighted by Crippen LogP contribution is 2.19. The van der Waals surface area contributed by atoms with Gasteiger partial charge < -0.3 is 14.8 Å². The van der Waals surface area contributed by atoms with E-state index < -0.39 is 9.84 Å². The second-order valence-electron chi connectivity index (χ2n) is 7.17. The summed E-state index contributed by atoms with van der Waals surface area (Å²) < 4.78 is 25.3. The van der Waals surface area contributed by atoms with Crippen LogP contribution in [-0.4, -0.2) is 53.5 Å². The molecule has 0 unspecified atom stereocenters. The lowest BCUT2D eigenvalue weighted by atomic mass is 10.0. The number of fused-ring (bicyclic) bond motifs is 1. The van der Waals surface area contributed by atoms with Gasteiger partial charge in [-0.25, -0.2) is 18.2 Å². The molecular weight excluding hydrogens is 352 g/mol. The summed E-state index contributed by atoms with van der Waals surface area (Å²) in [6.07, 6.45) is 3.80. The van der Waals surface area contributed by atoms with E-state index in [9.17, 15) is 13.2 Å². The molecule has 2 aromatic rings. The molecule has 1 aliphatic heterocycles. The molecule has 7 nitrogen and oxygen atoms in total. The molecule has 1 atom stereocenters. The highest BCUT2D eigenvalue weighted by atomic mass is 32.2. The van der Waals surface area contributed by atoms with Crippen molar-refractivity contribution in [2.24, 2.45) is 7.05 Å². The summed E-state index contributed by atoms with van der Waals surface area (Å²) in [5, 5.41) is 2.91. The Morgan fingerprint density at radius 3 is 2.85 bits per heavy atom. The van der Waals surface area contributed by atoms with Crippen LogP contribution in [0.15, 0.2) is 18.2 Å². The predicted octanol–water partition coefficient (Wildman–Crippen LogP) is 1.99. The summed E-state index contributed by atoms with van der Waals surface area (Å²) in [5.41, 5.74) is 3.07. The molecule has 1 aromatic carbocycles. The number of piperidine rings is 1. The highest BCUT2D eigenvalue weighted by Gasteiger charge is 2.29. The van der Waals surface area contributed by atoms with Crippen molar-refractivity contribution in [3.63, 3.8) is 0 Å². The second-order valence-corrected chi connectivity index (χ2v) is 9.36. The number of nitrogens with zero attached hydrogens (tertiary/aromatic N) is 3. The number of carbonyl (C=O) groups excluding carboxylic acids is 1. The molecule has 3 rings (SSSR count). The fourth-order valence-electron chi connectivity index (χ4n) is 3.56. The quantitative estimate of drug-likeness (QED) is 0.882. The zero-order chi connectivity index (χ0) is 18.9. The van der Waals surface area contributed by atoms with E-state index in [2.05, 4.69) is 10.3 Å². The lowest BCUT2D eigenvalue weighted by Crippen LogP contribution is -2.51. The third-order valence-electron chi connectivity index (χ3n) is 4.91. The number of hydrogen-bond acceptors (Lipinski definition) is 4. The van der Waals surface area contributed by atoms with Crippen molar-refractivity contribution in [1.29, 1.82) is 0 Å². The minimum absolute atomic E-state index is 0.0198. The minimum Gasteiger partial charge on any atom is -0.331 e. The third-order valence-corrected chi connectivity index (χ3v) is 5.90. The van der Waals surface area contributed by atoms with Gasteiger partial charge in [0.2, 0.25) is 0 Å². The van der Waals surface area contributed by atoms with Crippen molar-refractivity contribution in [3.05, 3.63) is 29.6 Å². The van der Waals surface area contributed by atoms with Crippen LogP contribution in [0.1, 0.15) is 30.7 Å². The minimum atomic E-state index is -3.12. The average Bonchev–Trinajstić information content (AvgIpc) is 2.87. The van der Waals surface area contributed by atoms with Crippen molar-refractivity contribution in [2.45, 2.75) is 38.8 Å². The van der Waals surface area contributed by atoms with E-state index in [1.807, 2.05) is 36.7 Å². The number of aryl methyl sites for hydroxylation is 2. The first-order valence-electron chi connectivity index (χ1n) is 8.89. The van der Waals surface area contributed by atoms with E-state index in [4.69, 9.17) is 0 Å². The molecule has 0 saturated carbocycles. The van der Waals surface area contributed by atoms with Gasteiger partial charge in [-0.05, 0) is 43.9 Å².